The van der Waals surface area contributed by atoms with Crippen molar-refractivity contribution in [1.29, 1.82) is 0 Å². The molecule has 0 fully saturated rings. The third-order valence-electron chi connectivity index (χ3n) is 0.935. The van der Waals surface area contributed by atoms with Gasteiger partial charge in [-0.25, -0.2) is 4.79 Å². The molecule has 0 rings (SSSR count). The summed E-state index contributed by atoms with van der Waals surface area (Å²) in [5, 5.41) is 0. The Morgan fingerprint density at radius 1 is 1.75 bits per heavy atom. The van der Waals surface area contributed by atoms with Crippen molar-refractivity contribution in [1.82, 2.24) is 4.90 Å². The van der Waals surface area contributed by atoms with Crippen LogP contribution < -0.4 is 5.73 Å². The van der Waals surface area contributed by atoms with Gasteiger partial charge in [-0.15, -0.1) is 0 Å². The summed E-state index contributed by atoms with van der Waals surface area (Å²) in [5.74, 6) is 0. The Bertz CT molecular complexity index is 82.5. The molecule has 8 heavy (non-hydrogen) atoms. The largest absolute Gasteiger partial charge is 0.351 e. The molecule has 0 aromatic rings. The zero-order chi connectivity index (χ0) is 6.57. The van der Waals surface area contributed by atoms with E-state index in [2.05, 4.69) is 0 Å². The Morgan fingerprint density at radius 2 is 2.25 bits per heavy atom. The highest BCUT2D eigenvalue weighted by Gasteiger charge is 1.97. The van der Waals surface area contributed by atoms with Gasteiger partial charge < -0.3 is 10.6 Å². The average Bonchev–Trinajstić information content (AvgIpc) is 1.67. The van der Waals surface area contributed by atoms with Crippen LogP contribution in [0.5, 0.6) is 0 Å². The van der Waals surface area contributed by atoms with E-state index in [1.165, 1.54) is 4.90 Å². The number of urea groups is 1. The standard InChI is InChI=1S/C5H12N2O/c1-3-4-7(2)5(6)8/h3-4H2,1-2H3,(H2,6,8). The van der Waals surface area contributed by atoms with Crippen LogP contribution in [0.2, 0.25) is 0 Å². The third-order valence-corrected chi connectivity index (χ3v) is 0.935. The minimum absolute atomic E-state index is 0.355. The maximum atomic E-state index is 10.2. The number of nitrogens with zero attached hydrogens (tertiary/aromatic N) is 1. The van der Waals surface area contributed by atoms with Crippen molar-refractivity contribution in [2.45, 2.75) is 13.3 Å². The van der Waals surface area contributed by atoms with Gasteiger partial charge >= 0.3 is 6.03 Å². The third kappa shape index (κ3) is 2.44. The Kier molecular flexibility index (Phi) is 2.99. The molecule has 0 atom stereocenters. The van der Waals surface area contributed by atoms with Crippen molar-refractivity contribution in [2.24, 2.45) is 5.73 Å². The minimum atomic E-state index is -0.355. The molecule has 2 amide bonds. The van der Waals surface area contributed by atoms with Gasteiger partial charge in [-0.05, 0) is 6.42 Å². The first kappa shape index (κ1) is 7.27. The van der Waals surface area contributed by atoms with E-state index in [9.17, 15) is 4.79 Å². The lowest BCUT2D eigenvalue weighted by Crippen LogP contribution is -2.32. The van der Waals surface area contributed by atoms with Crippen molar-refractivity contribution < 1.29 is 4.79 Å². The van der Waals surface area contributed by atoms with Crippen LogP contribution in [-0.2, 0) is 0 Å². The number of hydrogen-bond acceptors (Lipinski definition) is 1. The normalized spacial score (nSPS) is 8.75. The fraction of sp³-hybridized carbons (Fsp3) is 0.800. The van der Waals surface area contributed by atoms with Crippen LogP contribution in [0.3, 0.4) is 0 Å². The maximum absolute atomic E-state index is 10.2. The van der Waals surface area contributed by atoms with Crippen LogP contribution in [-0.4, -0.2) is 24.5 Å². The number of rotatable bonds is 2. The molecule has 0 aromatic heterocycles. The van der Waals surface area contributed by atoms with Crippen LogP contribution in [0.15, 0.2) is 0 Å². The second-order valence-electron chi connectivity index (χ2n) is 1.76. The highest BCUT2D eigenvalue weighted by molar-refractivity contribution is 5.71. The van der Waals surface area contributed by atoms with Crippen molar-refractivity contribution >= 4 is 6.03 Å². The van der Waals surface area contributed by atoms with E-state index in [1.54, 1.807) is 7.05 Å². The van der Waals surface area contributed by atoms with E-state index in [0.29, 0.717) is 0 Å². The summed E-state index contributed by atoms with van der Waals surface area (Å²) in [4.78, 5) is 11.7. The van der Waals surface area contributed by atoms with E-state index >= 15 is 0 Å². The molecule has 0 spiro atoms. The molecule has 0 aliphatic heterocycles. The topological polar surface area (TPSA) is 46.3 Å². The summed E-state index contributed by atoms with van der Waals surface area (Å²) in [5.41, 5.74) is 4.91. The summed E-state index contributed by atoms with van der Waals surface area (Å²) in [6.45, 7) is 2.74. The number of carbonyl (C=O) groups excluding carboxylic acids is 1. The fourth-order valence-corrected chi connectivity index (χ4v) is 0.446. The quantitative estimate of drug-likeness (QED) is 0.558. The molecule has 0 saturated heterocycles. The fourth-order valence-electron chi connectivity index (χ4n) is 0.446. The predicted octanol–water partition coefficient (Wildman–Crippen LogP) is 0.407. The number of nitrogens with two attached hydrogens (primary N) is 1. The highest BCUT2D eigenvalue weighted by Crippen LogP contribution is 1.82. The van der Waals surface area contributed by atoms with Gasteiger partial charge in [0.25, 0.3) is 0 Å². The van der Waals surface area contributed by atoms with E-state index < -0.39 is 0 Å². The maximum Gasteiger partial charge on any atom is 0.314 e. The van der Waals surface area contributed by atoms with Crippen molar-refractivity contribution in [3.05, 3.63) is 0 Å². The van der Waals surface area contributed by atoms with E-state index in [4.69, 9.17) is 5.73 Å². The summed E-state index contributed by atoms with van der Waals surface area (Å²) in [6, 6.07) is -0.355. The van der Waals surface area contributed by atoms with Crippen LogP contribution >= 0.6 is 0 Å². The molecule has 0 aliphatic carbocycles. The molecule has 3 nitrogen and oxygen atoms in total. The molecule has 0 aliphatic rings. The van der Waals surface area contributed by atoms with Crippen molar-refractivity contribution in [2.75, 3.05) is 13.6 Å². The first-order valence-electron chi connectivity index (χ1n) is 2.69. The molecule has 0 bridgehead atoms. The highest BCUT2D eigenvalue weighted by atomic mass is 16.2. The second-order valence-corrected chi connectivity index (χ2v) is 1.76. The van der Waals surface area contributed by atoms with Gasteiger partial charge in [0.1, 0.15) is 0 Å². The Morgan fingerprint density at radius 3 is 2.38 bits per heavy atom. The molecule has 0 saturated carbocycles. The van der Waals surface area contributed by atoms with Crippen LogP contribution in [0, 0.1) is 0 Å². The monoisotopic (exact) mass is 116 g/mol. The molecule has 2 N–H and O–H groups in total. The van der Waals surface area contributed by atoms with Gasteiger partial charge in [0.2, 0.25) is 0 Å². The number of carbonyl (C=O) groups is 1. The number of amides is 2. The summed E-state index contributed by atoms with van der Waals surface area (Å²) >= 11 is 0. The van der Waals surface area contributed by atoms with Crippen LogP contribution in [0.1, 0.15) is 13.3 Å². The Labute approximate surface area is 49.5 Å². The van der Waals surface area contributed by atoms with Gasteiger partial charge in [0.05, 0.1) is 0 Å². The molecule has 0 radical (unpaired) electrons. The van der Waals surface area contributed by atoms with Gasteiger partial charge in [-0.3, -0.25) is 0 Å². The lowest BCUT2D eigenvalue weighted by molar-refractivity contribution is 0.218. The van der Waals surface area contributed by atoms with E-state index in [-0.39, 0.29) is 6.03 Å². The first-order valence-corrected chi connectivity index (χ1v) is 2.69. The SMILES string of the molecule is CCCN(C)C(N)=O. The smallest absolute Gasteiger partial charge is 0.314 e. The van der Waals surface area contributed by atoms with Gasteiger partial charge in [0.15, 0.2) is 0 Å². The number of primary amides is 1. The zero-order valence-corrected chi connectivity index (χ0v) is 5.35. The Hall–Kier alpha value is -0.730. The summed E-state index contributed by atoms with van der Waals surface area (Å²) in [6.07, 6.45) is 0.958. The molecule has 0 aromatic carbocycles. The lowest BCUT2D eigenvalue weighted by Gasteiger charge is -2.10. The second kappa shape index (κ2) is 3.29. The predicted molar refractivity (Wildman–Crippen MR) is 32.5 cm³/mol. The molecule has 0 unspecified atom stereocenters. The molecule has 3 heteroatoms. The van der Waals surface area contributed by atoms with Crippen molar-refractivity contribution in [3.8, 4) is 0 Å². The van der Waals surface area contributed by atoms with Crippen molar-refractivity contribution in [3.63, 3.8) is 0 Å². The molecule has 48 valence electrons. The van der Waals surface area contributed by atoms with Gasteiger partial charge in [0, 0.05) is 13.6 Å². The average molecular weight is 116 g/mol. The molecular formula is C5H12N2O. The Balaban J connectivity index is 3.32. The van der Waals surface area contributed by atoms with Gasteiger partial charge in [-0.2, -0.15) is 0 Å². The first-order chi connectivity index (χ1) is 3.68. The van der Waals surface area contributed by atoms with E-state index in [0.717, 1.165) is 13.0 Å². The lowest BCUT2D eigenvalue weighted by atomic mass is 10.4. The summed E-state index contributed by atoms with van der Waals surface area (Å²) in [7, 11) is 1.69. The minimum Gasteiger partial charge on any atom is -0.351 e. The van der Waals surface area contributed by atoms with Crippen LogP contribution in [0.25, 0.3) is 0 Å². The molecule has 0 heterocycles. The molecular weight excluding hydrogens is 104 g/mol. The number of hydrogen-bond donors (Lipinski definition) is 1. The van der Waals surface area contributed by atoms with Gasteiger partial charge in [-0.1, -0.05) is 6.92 Å². The van der Waals surface area contributed by atoms with Crippen LogP contribution in [0.4, 0.5) is 4.79 Å². The van der Waals surface area contributed by atoms with E-state index in [1.807, 2.05) is 6.92 Å². The zero-order valence-electron chi connectivity index (χ0n) is 5.35. The summed E-state index contributed by atoms with van der Waals surface area (Å²) < 4.78 is 0.